The van der Waals surface area contributed by atoms with Crippen molar-refractivity contribution in [2.75, 3.05) is 9.80 Å². The average molecular weight is 2050 g/mol. The van der Waals surface area contributed by atoms with Crippen molar-refractivity contribution in [1.82, 2.24) is 29.9 Å². The van der Waals surface area contributed by atoms with Crippen molar-refractivity contribution in [3.63, 3.8) is 0 Å². The molecule has 0 N–H and O–H groups in total. The van der Waals surface area contributed by atoms with Gasteiger partial charge in [0.2, 0.25) is 10.6 Å². The van der Waals surface area contributed by atoms with Crippen LogP contribution in [0.1, 0.15) is 99.9 Å². The number of halogens is 4. The minimum absolute atomic E-state index is 0. The summed E-state index contributed by atoms with van der Waals surface area (Å²) in [6, 6.07) is 165. The van der Waals surface area contributed by atoms with Gasteiger partial charge < -0.3 is 28.4 Å². The number of nitrogens with zero attached hydrogens (tertiary/aromatic N) is 8. The summed E-state index contributed by atoms with van der Waals surface area (Å²) in [4.78, 5) is 31.7. The van der Waals surface area contributed by atoms with Crippen molar-refractivity contribution in [1.29, 1.82) is 0 Å². The summed E-state index contributed by atoms with van der Waals surface area (Å²) < 4.78 is 26.1. The molecule has 0 radical (unpaired) electrons. The topological polar surface area (TPSA) is 121 Å². The smallest absolute Gasteiger partial charge is 0.399 e. The quantitative estimate of drug-likeness (QED) is 0.0761. The maximum absolute atomic E-state index is 6.52. The first-order chi connectivity index (χ1) is 70.1. The van der Waals surface area contributed by atoms with Gasteiger partial charge in [0.05, 0.1) is 33.2 Å². The molecule has 20 aromatic rings. The Morgan fingerprint density at radius 2 is 0.500 bits per heavy atom. The first-order valence-electron chi connectivity index (χ1n) is 48.9. The summed E-state index contributed by atoms with van der Waals surface area (Å²) in [5.74, 6) is 2.39. The van der Waals surface area contributed by atoms with E-state index in [-0.39, 0.29) is 39.2 Å². The van der Waals surface area contributed by atoms with Gasteiger partial charge in [0.15, 0.2) is 23.3 Å². The number of aromatic nitrogens is 6. The van der Waals surface area contributed by atoms with Gasteiger partial charge in [-0.2, -0.15) is 15.0 Å². The van der Waals surface area contributed by atoms with Gasteiger partial charge in [0.1, 0.15) is 0 Å². The van der Waals surface area contributed by atoms with Crippen molar-refractivity contribution >= 4 is 106 Å². The highest BCUT2D eigenvalue weighted by atomic mass is 127. The summed E-state index contributed by atoms with van der Waals surface area (Å²) in [7, 11) is -0.925. The van der Waals surface area contributed by atoms with Gasteiger partial charge in [-0.3, -0.25) is 4.70 Å². The van der Waals surface area contributed by atoms with E-state index in [1.54, 1.807) is 0 Å². The van der Waals surface area contributed by atoms with Crippen LogP contribution in [0.25, 0.3) is 112 Å². The van der Waals surface area contributed by atoms with Crippen LogP contribution in [0.4, 0.5) is 38.8 Å². The number of rotatable bonds is 14. The van der Waals surface area contributed by atoms with E-state index in [0.29, 0.717) is 23.3 Å². The van der Waals surface area contributed by atoms with Gasteiger partial charge in [-0.15, -0.1) is 24.0 Å². The highest BCUT2D eigenvalue weighted by Gasteiger charge is 2.54. The zero-order valence-corrected chi connectivity index (χ0v) is 85.7. The molecule has 12 nitrogen and oxygen atoms in total. The first kappa shape index (κ1) is 96.9. The van der Waals surface area contributed by atoms with Gasteiger partial charge in [-0.1, -0.05) is 376 Å². The fraction of sp³-hybridized carbons (Fsp3) is 0.109. The molecule has 2 saturated heterocycles. The van der Waals surface area contributed by atoms with Crippen molar-refractivity contribution in [3.8, 4) is 112 Å². The van der Waals surface area contributed by atoms with E-state index in [2.05, 4.69) is 481 Å². The van der Waals surface area contributed by atoms with Crippen LogP contribution in [0.3, 0.4) is 0 Å². The zero-order chi connectivity index (χ0) is 98.1. The fourth-order valence-electron chi connectivity index (χ4n) is 21.1. The van der Waals surface area contributed by atoms with Gasteiger partial charge >= 0.3 is 14.2 Å². The van der Waals surface area contributed by atoms with E-state index < -0.39 is 47.5 Å². The Kier molecular flexibility index (Phi) is 26.4. The third-order valence-corrected chi connectivity index (χ3v) is 29.8. The molecule has 2 aromatic heterocycles. The molecule has 10 bridgehead atoms. The van der Waals surface area contributed by atoms with Crippen LogP contribution in [0.2, 0.25) is 10.6 Å². The lowest BCUT2D eigenvalue weighted by atomic mass is 9.67. The highest BCUT2D eigenvalue weighted by molar-refractivity contribution is 14.0. The second-order valence-corrected chi connectivity index (χ2v) is 39.9. The van der Waals surface area contributed by atoms with E-state index in [0.717, 1.165) is 112 Å². The van der Waals surface area contributed by atoms with Gasteiger partial charge in [0.25, 0.3) is 0 Å². The molecule has 5 aliphatic rings. The van der Waals surface area contributed by atoms with Crippen LogP contribution in [-0.2, 0) is 29.4 Å². The molecule has 0 unspecified atom stereocenters. The Balaban J connectivity index is 0.000000150. The fourth-order valence-corrected chi connectivity index (χ4v) is 21.5. The van der Waals surface area contributed by atoms with Crippen LogP contribution in [0.5, 0.6) is 0 Å². The maximum atomic E-state index is 6.52. The SMILES string of the molecule is CC1(C)OB(c2cccc(-c3cccc(N(c4cccc(-c5cccc(B6OC(C)(C)C(C)(C)O6)c5)c4)c4ccc5c(c4)C(c4ccccc4)(c4ccccc4)c4ccccc4-5)c3)c2)OC1(C)C.Clc1nc(Cl)nc(-c2ccccc2)n1.F.I.c1ccc(-c2nc3nc(n2)-c2cccc(c2)-c2cccc(c2)N(c2ccc4c(c2)C(c2ccccc2)(c2ccccc2)c2ccccc2-4)c2cccc(c2)-c2cccc-3c2)cc1. The Labute approximate surface area is 879 Å². The molecular weight excluding hydrogens is 1950 g/mol. The zero-order valence-electron chi connectivity index (χ0n) is 81.8. The molecule has 712 valence electrons. The van der Waals surface area contributed by atoms with E-state index in [1.807, 2.05) is 60.7 Å². The van der Waals surface area contributed by atoms with Crippen molar-refractivity contribution in [3.05, 3.63) is 516 Å². The molecule has 18 aromatic carbocycles. The van der Waals surface area contributed by atoms with Crippen molar-refractivity contribution in [2.24, 2.45) is 0 Å². The van der Waals surface area contributed by atoms with E-state index >= 15 is 0 Å². The van der Waals surface area contributed by atoms with Crippen LogP contribution in [0, 0.1) is 0 Å². The molecule has 3 aliphatic heterocycles. The number of hydrogen-bond acceptors (Lipinski definition) is 12. The maximum Gasteiger partial charge on any atom is 0.494 e. The summed E-state index contributed by atoms with van der Waals surface area (Å²) >= 11 is 11.3. The van der Waals surface area contributed by atoms with E-state index in [4.69, 9.17) is 56.8 Å². The van der Waals surface area contributed by atoms with Gasteiger partial charge in [-0.25, -0.2) is 15.0 Å². The lowest BCUT2D eigenvalue weighted by Gasteiger charge is -2.35. The van der Waals surface area contributed by atoms with Crippen LogP contribution in [-0.4, -0.2) is 66.5 Å². The molecule has 18 heteroatoms. The highest BCUT2D eigenvalue weighted by Crippen LogP contribution is 2.60. The molecule has 2 aliphatic carbocycles. The number of benzene rings is 18. The largest absolute Gasteiger partial charge is 0.494 e. The summed E-state index contributed by atoms with van der Waals surface area (Å²) in [6.45, 7) is 16.8. The van der Waals surface area contributed by atoms with Crippen molar-refractivity contribution < 1.29 is 23.3 Å². The molecule has 0 saturated carbocycles. The predicted molar refractivity (Wildman–Crippen MR) is 606 cm³/mol. The number of hydrogen-bond donors (Lipinski definition) is 0. The van der Waals surface area contributed by atoms with Crippen LogP contribution >= 0.6 is 47.2 Å². The molecule has 25 rings (SSSR count). The summed E-state index contributed by atoms with van der Waals surface area (Å²) in [5.41, 5.74) is 32.8. The van der Waals surface area contributed by atoms with Crippen molar-refractivity contribution in [2.45, 2.75) is 88.6 Å². The molecule has 5 heterocycles. The third-order valence-electron chi connectivity index (χ3n) is 29.5. The summed E-state index contributed by atoms with van der Waals surface area (Å²) in [5, 5.41) is 0.202. The minimum atomic E-state index is -0.554. The minimum Gasteiger partial charge on any atom is -0.399 e. The van der Waals surface area contributed by atoms with Crippen LogP contribution < -0.4 is 20.7 Å². The Bertz CT molecular complexity index is 7900. The standard InChI is InChI=1S/C61H57B2NO4.C58H38N4.C9H5Cl2N3.FH.HI/c1-57(2)58(3,4)66-62(65-57)48-29-17-21-42(37-48)44-23-19-31-50(39-44)64(51-32-20-24-45(40-51)43-22-18-30-49(38-43)63-67-59(5,6)60(7,8)68-63)52-35-36-54-53-33-15-16-34-55(53)61(56(54)41-52,46-25-11-9-12-26-46)47-27-13-10-14-28-47;1-4-16-39(17-5-1)55-59-56-44-22-12-18-40(34-44)42-20-14-28-48(36-42)62(49-29-15-21-43(37-49)41-19-13-23-45(35-41)57(60-55)61-56)50-32-33-52-51-30-10-11-31-53(51)58(54(52)38-50,46-24-6-2-7-25-46)47-26-8-3-9-27-47;10-8-12-7(13-9(11)14-8)6-4-2-1-3-5-6;;/h9-41H,1-8H3;1-38H;1-5H;2*1H. The lowest BCUT2D eigenvalue weighted by molar-refractivity contribution is 0.00578. The third kappa shape index (κ3) is 17.9. The molecular formula is C128H102B2Cl2FIN8O4. The van der Waals surface area contributed by atoms with E-state index in [9.17, 15) is 0 Å². The Hall–Kier alpha value is -15.2. The lowest BCUT2D eigenvalue weighted by Crippen LogP contribution is -2.41. The normalized spacial score (nSPS) is 14.8. The second kappa shape index (κ2) is 39.7. The Morgan fingerprint density at radius 1 is 0.226 bits per heavy atom. The van der Waals surface area contributed by atoms with Crippen LogP contribution in [0.15, 0.2) is 461 Å². The molecule has 2 fully saturated rings. The summed E-state index contributed by atoms with van der Waals surface area (Å²) in [6.07, 6.45) is 0. The van der Waals surface area contributed by atoms with Gasteiger partial charge in [-0.05, 0) is 286 Å². The number of anilines is 6. The molecule has 0 atom stereocenters. The second-order valence-electron chi connectivity index (χ2n) is 39.2. The molecule has 0 amide bonds. The van der Waals surface area contributed by atoms with E-state index in [1.165, 1.54) is 66.8 Å². The average Bonchev–Trinajstić information content (AvgIpc) is 1.54. The van der Waals surface area contributed by atoms with Gasteiger partial charge in [0, 0.05) is 56.4 Å². The predicted octanol–water partition coefficient (Wildman–Crippen LogP) is 31.4. The Morgan fingerprint density at radius 3 is 0.897 bits per heavy atom. The monoisotopic (exact) mass is 2050 g/mol. The molecule has 146 heavy (non-hydrogen) atoms. The molecule has 0 spiro atoms. The first-order valence-corrected chi connectivity index (χ1v) is 49.7. The number of fused-ring (bicyclic) bond motifs is 20.